The molecule has 162 valence electrons. The van der Waals surface area contributed by atoms with Gasteiger partial charge in [0.2, 0.25) is 5.91 Å². The van der Waals surface area contributed by atoms with Crippen molar-refractivity contribution in [2.75, 3.05) is 11.1 Å². The second kappa shape index (κ2) is 9.73. The highest BCUT2D eigenvalue weighted by atomic mass is 35.5. The van der Waals surface area contributed by atoms with Crippen LogP contribution in [0.5, 0.6) is 0 Å². The third-order valence-corrected chi connectivity index (χ3v) is 6.38. The van der Waals surface area contributed by atoms with Gasteiger partial charge in [-0.05, 0) is 61.4 Å². The standard InChI is InChI=1S/C23H19Cl2N5OS/c1-14-5-6-15(2)20(10-14)27-21(31)13-32-23-29-28-22(16-4-3-9-26-12-16)30(23)17-7-8-18(24)19(25)11-17/h3-12H,13H2,1-2H3,(H,27,31). The second-order valence-corrected chi connectivity index (χ2v) is 8.89. The normalized spacial score (nSPS) is 10.9. The first kappa shape index (κ1) is 22.3. The van der Waals surface area contributed by atoms with Gasteiger partial charge in [-0.1, -0.05) is 47.1 Å². The molecule has 0 aliphatic rings. The van der Waals surface area contributed by atoms with Gasteiger partial charge in [-0.15, -0.1) is 10.2 Å². The lowest BCUT2D eigenvalue weighted by molar-refractivity contribution is -0.113. The topological polar surface area (TPSA) is 72.7 Å². The first-order valence-corrected chi connectivity index (χ1v) is 11.5. The van der Waals surface area contributed by atoms with Gasteiger partial charge in [0, 0.05) is 23.6 Å². The third-order valence-electron chi connectivity index (χ3n) is 4.71. The van der Waals surface area contributed by atoms with Crippen LogP contribution in [-0.2, 0) is 4.79 Å². The molecule has 0 bridgehead atoms. The number of aryl methyl sites for hydroxylation is 2. The SMILES string of the molecule is Cc1ccc(C)c(NC(=O)CSc2nnc(-c3cccnc3)n2-c2ccc(Cl)c(Cl)c2)c1. The molecule has 0 radical (unpaired) electrons. The van der Waals surface area contributed by atoms with E-state index >= 15 is 0 Å². The van der Waals surface area contributed by atoms with Crippen molar-refractivity contribution >= 4 is 46.6 Å². The number of hydrogen-bond donors (Lipinski definition) is 1. The summed E-state index contributed by atoms with van der Waals surface area (Å²) in [5, 5.41) is 13.1. The minimum atomic E-state index is -0.129. The highest BCUT2D eigenvalue weighted by molar-refractivity contribution is 7.99. The molecule has 0 spiro atoms. The molecule has 2 aromatic carbocycles. The van der Waals surface area contributed by atoms with Gasteiger partial charge in [0.1, 0.15) is 0 Å². The largest absolute Gasteiger partial charge is 0.325 e. The summed E-state index contributed by atoms with van der Waals surface area (Å²) in [6, 6.07) is 15.0. The number of benzene rings is 2. The molecule has 32 heavy (non-hydrogen) atoms. The molecule has 0 unspecified atom stereocenters. The first-order valence-electron chi connectivity index (χ1n) is 9.73. The number of nitrogens with one attached hydrogen (secondary N) is 1. The van der Waals surface area contributed by atoms with Crippen LogP contribution in [0.1, 0.15) is 11.1 Å². The lowest BCUT2D eigenvalue weighted by Gasteiger charge is -2.12. The molecule has 9 heteroatoms. The highest BCUT2D eigenvalue weighted by Crippen LogP contribution is 2.31. The number of carbonyl (C=O) groups excluding carboxylic acids is 1. The monoisotopic (exact) mass is 483 g/mol. The van der Waals surface area contributed by atoms with Crippen LogP contribution in [0.25, 0.3) is 17.1 Å². The Hall–Kier alpha value is -2.87. The molecule has 2 aromatic heterocycles. The average Bonchev–Trinajstić information content (AvgIpc) is 3.21. The number of pyridine rings is 1. The van der Waals surface area contributed by atoms with E-state index in [9.17, 15) is 4.79 Å². The maximum atomic E-state index is 12.6. The Bertz CT molecular complexity index is 1280. The summed E-state index contributed by atoms with van der Waals surface area (Å²) in [5.41, 5.74) is 4.42. The zero-order valence-corrected chi connectivity index (χ0v) is 19.7. The van der Waals surface area contributed by atoms with Gasteiger partial charge in [-0.2, -0.15) is 0 Å². The van der Waals surface area contributed by atoms with Crippen LogP contribution in [0, 0.1) is 13.8 Å². The Morgan fingerprint density at radius 1 is 1.06 bits per heavy atom. The molecule has 2 heterocycles. The summed E-state index contributed by atoms with van der Waals surface area (Å²) < 4.78 is 1.84. The van der Waals surface area contributed by atoms with Crippen LogP contribution < -0.4 is 5.32 Å². The Morgan fingerprint density at radius 2 is 1.91 bits per heavy atom. The number of thioether (sulfide) groups is 1. The summed E-state index contributed by atoms with van der Waals surface area (Å²) in [5.74, 6) is 0.629. The number of carbonyl (C=O) groups is 1. The van der Waals surface area contributed by atoms with Crippen molar-refractivity contribution in [3.05, 3.63) is 82.1 Å². The van der Waals surface area contributed by atoms with Crippen molar-refractivity contribution in [3.8, 4) is 17.1 Å². The van der Waals surface area contributed by atoms with Gasteiger partial charge in [0.05, 0.1) is 21.5 Å². The Kier molecular flexibility index (Phi) is 6.79. The van der Waals surface area contributed by atoms with Gasteiger partial charge < -0.3 is 5.32 Å². The van der Waals surface area contributed by atoms with Crippen molar-refractivity contribution in [1.82, 2.24) is 19.7 Å². The van der Waals surface area contributed by atoms with Gasteiger partial charge in [0.15, 0.2) is 11.0 Å². The minimum Gasteiger partial charge on any atom is -0.325 e. The predicted molar refractivity (Wildman–Crippen MR) is 130 cm³/mol. The Labute approximate surface area is 200 Å². The number of amides is 1. The van der Waals surface area contributed by atoms with Crippen molar-refractivity contribution in [2.45, 2.75) is 19.0 Å². The summed E-state index contributed by atoms with van der Waals surface area (Å²) in [6.07, 6.45) is 3.40. The van der Waals surface area contributed by atoms with Crippen LogP contribution >= 0.6 is 35.0 Å². The van der Waals surface area contributed by atoms with Crippen molar-refractivity contribution < 1.29 is 4.79 Å². The number of nitrogens with zero attached hydrogens (tertiary/aromatic N) is 4. The summed E-state index contributed by atoms with van der Waals surface area (Å²) in [4.78, 5) is 16.8. The number of aromatic nitrogens is 4. The van der Waals surface area contributed by atoms with Gasteiger partial charge in [-0.25, -0.2) is 0 Å². The van der Waals surface area contributed by atoms with Crippen molar-refractivity contribution in [1.29, 1.82) is 0 Å². The van der Waals surface area contributed by atoms with E-state index < -0.39 is 0 Å². The predicted octanol–water partition coefficient (Wildman–Crippen LogP) is 5.98. The summed E-state index contributed by atoms with van der Waals surface area (Å²) in [6.45, 7) is 3.95. The molecular weight excluding hydrogens is 465 g/mol. The molecule has 4 aromatic rings. The van der Waals surface area contributed by atoms with E-state index in [1.165, 1.54) is 11.8 Å². The highest BCUT2D eigenvalue weighted by Gasteiger charge is 2.18. The molecule has 4 rings (SSSR count). The fourth-order valence-electron chi connectivity index (χ4n) is 3.09. The molecular formula is C23H19Cl2N5OS. The van der Waals surface area contributed by atoms with Crippen LogP contribution in [0.3, 0.4) is 0 Å². The lowest BCUT2D eigenvalue weighted by Crippen LogP contribution is -2.15. The van der Waals surface area contributed by atoms with Crippen molar-refractivity contribution in [2.24, 2.45) is 0 Å². The number of halogens is 2. The zero-order valence-electron chi connectivity index (χ0n) is 17.3. The smallest absolute Gasteiger partial charge is 0.234 e. The number of anilines is 1. The molecule has 0 fully saturated rings. The summed E-state index contributed by atoms with van der Waals surface area (Å²) >= 11 is 13.6. The van der Waals surface area contributed by atoms with Gasteiger partial charge >= 0.3 is 0 Å². The van der Waals surface area contributed by atoms with Crippen LogP contribution in [0.15, 0.2) is 66.1 Å². The third kappa shape index (κ3) is 4.96. The van der Waals surface area contributed by atoms with Crippen molar-refractivity contribution in [3.63, 3.8) is 0 Å². The number of hydrogen-bond acceptors (Lipinski definition) is 5. The Morgan fingerprint density at radius 3 is 2.66 bits per heavy atom. The molecule has 0 atom stereocenters. The average molecular weight is 484 g/mol. The zero-order chi connectivity index (χ0) is 22.7. The first-order chi connectivity index (χ1) is 15.4. The van der Waals surface area contributed by atoms with E-state index in [0.717, 1.165) is 28.1 Å². The lowest BCUT2D eigenvalue weighted by atomic mass is 10.1. The van der Waals surface area contributed by atoms with E-state index in [2.05, 4.69) is 20.5 Å². The number of rotatable bonds is 6. The van der Waals surface area contributed by atoms with E-state index in [4.69, 9.17) is 23.2 Å². The van der Waals surface area contributed by atoms with Gasteiger partial charge in [0.25, 0.3) is 0 Å². The molecule has 6 nitrogen and oxygen atoms in total. The molecule has 0 saturated carbocycles. The molecule has 0 aliphatic carbocycles. The molecule has 0 aliphatic heterocycles. The van der Waals surface area contributed by atoms with Crippen LogP contribution in [-0.4, -0.2) is 31.4 Å². The second-order valence-electron chi connectivity index (χ2n) is 7.14. The van der Waals surface area contributed by atoms with E-state index in [-0.39, 0.29) is 11.7 Å². The maximum Gasteiger partial charge on any atom is 0.234 e. The fraction of sp³-hybridized carbons (Fsp3) is 0.130. The van der Waals surface area contributed by atoms with E-state index in [1.54, 1.807) is 24.5 Å². The van der Waals surface area contributed by atoms with Crippen LogP contribution in [0.2, 0.25) is 10.0 Å². The van der Waals surface area contributed by atoms with Gasteiger partial charge in [-0.3, -0.25) is 14.3 Å². The molecule has 1 amide bonds. The minimum absolute atomic E-state index is 0.129. The van der Waals surface area contributed by atoms with E-state index in [1.807, 2.05) is 54.8 Å². The fourth-order valence-corrected chi connectivity index (χ4v) is 4.13. The quantitative estimate of drug-likeness (QED) is 0.341. The molecule has 0 saturated heterocycles. The Balaban J connectivity index is 1.62. The molecule has 1 N–H and O–H groups in total. The maximum absolute atomic E-state index is 12.6. The van der Waals surface area contributed by atoms with Crippen LogP contribution in [0.4, 0.5) is 5.69 Å². The summed E-state index contributed by atoms with van der Waals surface area (Å²) in [7, 11) is 0. The van der Waals surface area contributed by atoms with E-state index in [0.29, 0.717) is 21.0 Å².